The average Bonchev–Trinajstić information content (AvgIpc) is 2.20. The topological polar surface area (TPSA) is 127 Å². The van der Waals surface area contributed by atoms with Crippen LogP contribution in [-0.4, -0.2) is 44.4 Å². The van der Waals surface area contributed by atoms with Gasteiger partial charge >= 0.3 is 5.97 Å². The molecule has 0 radical (unpaired) electrons. The fourth-order valence-corrected chi connectivity index (χ4v) is 2.08. The minimum absolute atomic E-state index is 0. The highest BCUT2D eigenvalue weighted by Gasteiger charge is 2.18. The summed E-state index contributed by atoms with van der Waals surface area (Å²) in [5.41, 5.74) is 5.36. The molecule has 0 rings (SSSR count). The number of ether oxygens (including phenoxy) is 1. The molecule has 0 aromatic carbocycles. The van der Waals surface area contributed by atoms with Crippen LogP contribution in [0.25, 0.3) is 0 Å². The Kier molecular flexibility index (Phi) is 8.85. The van der Waals surface area contributed by atoms with Gasteiger partial charge in [-0.2, -0.15) is 8.42 Å². The highest BCUT2D eigenvalue weighted by molar-refractivity contribution is 7.86. The van der Waals surface area contributed by atoms with E-state index in [1.807, 2.05) is 0 Å². The van der Waals surface area contributed by atoms with E-state index in [1.54, 1.807) is 13.8 Å². The molecule has 0 bridgehead atoms. The quantitative estimate of drug-likeness (QED) is 0.285. The van der Waals surface area contributed by atoms with Crippen LogP contribution in [0.3, 0.4) is 0 Å². The van der Waals surface area contributed by atoms with Gasteiger partial charge in [-0.15, -0.1) is 0 Å². The van der Waals surface area contributed by atoms with E-state index in [4.69, 9.17) is 10.5 Å². The summed E-state index contributed by atoms with van der Waals surface area (Å²) in [6.45, 7) is 8.03. The molecule has 7 nitrogen and oxygen atoms in total. The van der Waals surface area contributed by atoms with E-state index >= 15 is 0 Å². The van der Waals surface area contributed by atoms with Crippen molar-refractivity contribution in [3.05, 3.63) is 12.2 Å². The van der Waals surface area contributed by atoms with E-state index in [2.05, 4.69) is 10.8 Å². The molecule has 0 spiro atoms. The van der Waals surface area contributed by atoms with Gasteiger partial charge in [-0.3, -0.25) is 4.18 Å². The predicted octanol–water partition coefficient (Wildman–Crippen LogP) is -0.245. The largest absolute Gasteiger partial charge is 0.460 e. The Morgan fingerprint density at radius 1 is 1.32 bits per heavy atom. The molecule has 0 aliphatic carbocycles. The van der Waals surface area contributed by atoms with E-state index in [-0.39, 0.29) is 30.0 Å². The molecule has 0 aliphatic rings. The summed E-state index contributed by atoms with van der Waals surface area (Å²) < 4.78 is 32.2. The standard InChI is InChI=1S/C11H21NO5S.H2O/c1-9(2)10(13)16-6-7-17-18(14,15)8-5-11(3,4)12;/h1,5-8,12H2,2-4H3;1H2. The SMILES string of the molecule is C=C(C)C(=O)OCCOS(=O)(=O)CCC(C)(C)N.O. The van der Waals surface area contributed by atoms with Gasteiger partial charge in [0.1, 0.15) is 13.2 Å². The zero-order chi connectivity index (χ0) is 14.4. The maximum absolute atomic E-state index is 11.4. The van der Waals surface area contributed by atoms with E-state index in [0.717, 1.165) is 0 Å². The molecule has 0 atom stereocenters. The van der Waals surface area contributed by atoms with E-state index in [0.29, 0.717) is 6.42 Å². The summed E-state index contributed by atoms with van der Waals surface area (Å²) in [5, 5.41) is 0. The van der Waals surface area contributed by atoms with Crippen molar-refractivity contribution in [2.24, 2.45) is 5.73 Å². The number of rotatable bonds is 8. The number of nitrogens with two attached hydrogens (primary N) is 1. The zero-order valence-electron chi connectivity index (χ0n) is 11.6. The Bertz CT molecular complexity index is 396. The molecule has 0 unspecified atom stereocenters. The van der Waals surface area contributed by atoms with Crippen LogP contribution in [0, 0.1) is 0 Å². The number of hydrogen-bond donors (Lipinski definition) is 1. The second kappa shape index (κ2) is 8.26. The Hall–Kier alpha value is -0.960. The Balaban J connectivity index is 0. The molecular formula is C11H23NO6S. The molecule has 19 heavy (non-hydrogen) atoms. The van der Waals surface area contributed by atoms with Crippen molar-refractivity contribution >= 4 is 16.1 Å². The van der Waals surface area contributed by atoms with Crippen molar-refractivity contribution < 1.29 is 27.6 Å². The maximum atomic E-state index is 11.4. The zero-order valence-corrected chi connectivity index (χ0v) is 12.4. The van der Waals surface area contributed by atoms with E-state index in [1.165, 1.54) is 6.92 Å². The normalized spacial score (nSPS) is 11.6. The Morgan fingerprint density at radius 3 is 2.26 bits per heavy atom. The summed E-state index contributed by atoms with van der Waals surface area (Å²) in [7, 11) is -3.63. The first-order valence-corrected chi connectivity index (χ1v) is 7.10. The van der Waals surface area contributed by atoms with Crippen LogP contribution in [0.5, 0.6) is 0 Å². The minimum Gasteiger partial charge on any atom is -0.460 e. The molecule has 4 N–H and O–H groups in total. The van der Waals surface area contributed by atoms with Crippen LogP contribution in [-0.2, 0) is 23.8 Å². The van der Waals surface area contributed by atoms with Gasteiger partial charge in [0.05, 0.1) is 5.75 Å². The molecular weight excluding hydrogens is 274 g/mol. The summed E-state index contributed by atoms with van der Waals surface area (Å²) in [6, 6.07) is 0. The smallest absolute Gasteiger partial charge is 0.333 e. The van der Waals surface area contributed by atoms with E-state index < -0.39 is 21.6 Å². The van der Waals surface area contributed by atoms with Crippen LogP contribution in [0.4, 0.5) is 0 Å². The van der Waals surface area contributed by atoms with Crippen LogP contribution < -0.4 is 5.73 Å². The molecule has 114 valence electrons. The fourth-order valence-electron chi connectivity index (χ4n) is 0.866. The third-order valence-corrected chi connectivity index (χ3v) is 3.15. The Labute approximate surface area is 114 Å². The van der Waals surface area contributed by atoms with Gasteiger partial charge in [0.2, 0.25) is 0 Å². The fraction of sp³-hybridized carbons (Fsp3) is 0.727. The average molecular weight is 297 g/mol. The van der Waals surface area contributed by atoms with Gasteiger partial charge in [-0.05, 0) is 27.2 Å². The monoisotopic (exact) mass is 297 g/mol. The van der Waals surface area contributed by atoms with Gasteiger partial charge in [0.15, 0.2) is 0 Å². The van der Waals surface area contributed by atoms with Crippen molar-refractivity contribution in [1.29, 1.82) is 0 Å². The number of esters is 1. The molecule has 0 aromatic rings. The first-order valence-electron chi connectivity index (χ1n) is 5.52. The first kappa shape index (κ1) is 20.4. The molecule has 8 heteroatoms. The highest BCUT2D eigenvalue weighted by Crippen LogP contribution is 2.07. The van der Waals surface area contributed by atoms with Crippen LogP contribution in [0.2, 0.25) is 0 Å². The number of carbonyl (C=O) groups is 1. The molecule has 0 saturated carbocycles. The van der Waals surface area contributed by atoms with Crippen LogP contribution >= 0.6 is 0 Å². The third kappa shape index (κ3) is 11.8. The lowest BCUT2D eigenvalue weighted by molar-refractivity contribution is -0.139. The Morgan fingerprint density at radius 2 is 1.84 bits per heavy atom. The maximum Gasteiger partial charge on any atom is 0.333 e. The molecule has 0 aromatic heterocycles. The summed E-state index contributed by atoms with van der Waals surface area (Å²) in [5.74, 6) is -0.732. The van der Waals surface area contributed by atoms with Crippen molar-refractivity contribution in [2.45, 2.75) is 32.7 Å². The third-order valence-electron chi connectivity index (χ3n) is 1.92. The van der Waals surface area contributed by atoms with Crippen molar-refractivity contribution in [2.75, 3.05) is 19.0 Å². The van der Waals surface area contributed by atoms with Gasteiger partial charge in [0, 0.05) is 11.1 Å². The van der Waals surface area contributed by atoms with Gasteiger partial charge in [-0.25, -0.2) is 4.79 Å². The van der Waals surface area contributed by atoms with Gasteiger partial charge < -0.3 is 15.9 Å². The molecule has 0 heterocycles. The molecule has 0 amide bonds. The lowest BCUT2D eigenvalue weighted by atomic mass is 10.0. The first-order chi connectivity index (χ1) is 8.03. The van der Waals surface area contributed by atoms with Gasteiger partial charge in [-0.1, -0.05) is 6.58 Å². The lowest BCUT2D eigenvalue weighted by Gasteiger charge is -2.17. The molecule has 0 saturated heterocycles. The predicted molar refractivity (Wildman–Crippen MR) is 72.0 cm³/mol. The van der Waals surface area contributed by atoms with Crippen molar-refractivity contribution in [3.8, 4) is 0 Å². The highest BCUT2D eigenvalue weighted by atomic mass is 32.2. The number of carbonyl (C=O) groups excluding carboxylic acids is 1. The molecule has 0 fully saturated rings. The van der Waals surface area contributed by atoms with E-state index in [9.17, 15) is 13.2 Å². The summed E-state index contributed by atoms with van der Waals surface area (Å²) in [4.78, 5) is 11.0. The minimum atomic E-state index is -3.63. The second-order valence-corrected chi connectivity index (χ2v) is 6.50. The van der Waals surface area contributed by atoms with Gasteiger partial charge in [0.25, 0.3) is 10.1 Å². The van der Waals surface area contributed by atoms with Crippen LogP contribution in [0.15, 0.2) is 12.2 Å². The molecule has 0 aliphatic heterocycles. The lowest BCUT2D eigenvalue weighted by Crippen LogP contribution is -2.34. The number of hydrogen-bond acceptors (Lipinski definition) is 6. The van der Waals surface area contributed by atoms with Crippen LogP contribution in [0.1, 0.15) is 27.2 Å². The van der Waals surface area contributed by atoms with Crippen molar-refractivity contribution in [3.63, 3.8) is 0 Å². The summed E-state index contributed by atoms with van der Waals surface area (Å²) >= 11 is 0. The summed E-state index contributed by atoms with van der Waals surface area (Å²) in [6.07, 6.45) is 0.293. The van der Waals surface area contributed by atoms with Crippen molar-refractivity contribution in [1.82, 2.24) is 0 Å². The second-order valence-electron chi connectivity index (χ2n) is 4.74.